The van der Waals surface area contributed by atoms with Gasteiger partial charge in [0.2, 0.25) is 0 Å². The Balaban J connectivity index is 1.47. The number of hydrogen-bond donors (Lipinski definition) is 5. The lowest BCUT2D eigenvalue weighted by molar-refractivity contribution is 0.104. The van der Waals surface area contributed by atoms with E-state index in [0.29, 0.717) is 17.5 Å². The van der Waals surface area contributed by atoms with Crippen LogP contribution in [0.15, 0.2) is 111 Å². The number of pyridine rings is 1. The van der Waals surface area contributed by atoms with E-state index in [1.165, 1.54) is 48.5 Å². The van der Waals surface area contributed by atoms with Crippen molar-refractivity contribution in [3.8, 4) is 28.7 Å². The van der Waals surface area contributed by atoms with Crippen molar-refractivity contribution in [1.29, 1.82) is 5.26 Å². The molecule has 1 aliphatic heterocycles. The van der Waals surface area contributed by atoms with Crippen LogP contribution in [0, 0.1) is 16.7 Å². The average Bonchev–Trinajstić information content (AvgIpc) is 3.22. The molecular weight excluding hydrogens is 928 g/mol. The summed E-state index contributed by atoms with van der Waals surface area (Å²) in [6.07, 6.45) is 0.622. The Bertz CT molecular complexity index is 3470. The summed E-state index contributed by atoms with van der Waals surface area (Å²) >= 11 is 6.20. The second-order valence-electron chi connectivity index (χ2n) is 17.6. The monoisotopic (exact) mass is 968 g/mol. The van der Waals surface area contributed by atoms with Crippen LogP contribution in [0.25, 0.3) is 22.0 Å². The third kappa shape index (κ3) is 8.83. The van der Waals surface area contributed by atoms with Crippen molar-refractivity contribution in [2.75, 3.05) is 17.2 Å². The first-order chi connectivity index (χ1) is 30.9. The number of benzene rings is 5. The van der Waals surface area contributed by atoms with Crippen LogP contribution in [0.1, 0.15) is 74.5 Å². The number of carbonyl (C=O) groups excluding carboxylic acids is 1. The minimum Gasteiger partial charge on any atom is -0.454 e. The number of hydrogen-bond acceptors (Lipinski definition) is 13. The third-order valence-electron chi connectivity index (χ3n) is 11.0. The smallest absolute Gasteiger partial charge is 0.298 e. The van der Waals surface area contributed by atoms with E-state index in [-0.39, 0.29) is 102 Å². The summed E-state index contributed by atoms with van der Waals surface area (Å²) in [4.78, 5) is 23.4. The molecule has 1 aliphatic carbocycles. The SMILES string of the molecule is CC(C)(C)CC(C)(C)c1ccc(Oc2cc(Nc3ccc(S(=O)(=O)O)cc3)c3c4c(c(C5=Nc6ccc(Cl)cc6S(=O)(=O)N5)c(NCCC#N)nc24)-c2ccccc2C3=O)c(S(=O)(=O)O)c1. The highest BCUT2D eigenvalue weighted by molar-refractivity contribution is 7.90. The van der Waals surface area contributed by atoms with Gasteiger partial charge < -0.3 is 15.4 Å². The number of amidine groups is 1. The lowest BCUT2D eigenvalue weighted by Gasteiger charge is -2.33. The second-order valence-corrected chi connectivity index (χ2v) is 22.5. The Kier molecular flexibility index (Phi) is 11.5. The number of nitrogens with zero attached hydrogens (tertiary/aromatic N) is 3. The molecule has 5 aromatic carbocycles. The molecule has 0 spiro atoms. The van der Waals surface area contributed by atoms with Crippen LogP contribution in [0.3, 0.4) is 0 Å². The molecule has 6 aromatic rings. The number of nitriles is 1. The van der Waals surface area contributed by atoms with Crippen molar-refractivity contribution in [2.24, 2.45) is 10.4 Å². The maximum absolute atomic E-state index is 14.9. The number of nitrogens with one attached hydrogen (secondary N) is 3. The number of carbonyl (C=O) groups is 1. The Morgan fingerprint density at radius 2 is 1.55 bits per heavy atom. The van der Waals surface area contributed by atoms with Crippen LogP contribution in [-0.4, -0.2) is 57.5 Å². The van der Waals surface area contributed by atoms with E-state index >= 15 is 0 Å². The zero-order valence-electron chi connectivity index (χ0n) is 35.9. The highest BCUT2D eigenvalue weighted by Crippen LogP contribution is 2.51. The zero-order chi connectivity index (χ0) is 47.7. The minimum absolute atomic E-state index is 0.00218. The number of aliphatic imine (C=N–C) groups is 1. The summed E-state index contributed by atoms with van der Waals surface area (Å²) in [6, 6.07) is 23.6. The van der Waals surface area contributed by atoms with Gasteiger partial charge in [-0.15, -0.1) is 0 Å². The van der Waals surface area contributed by atoms with Gasteiger partial charge >= 0.3 is 0 Å². The van der Waals surface area contributed by atoms with Crippen LogP contribution in [-0.2, 0) is 35.7 Å². The molecule has 0 saturated heterocycles. The summed E-state index contributed by atoms with van der Waals surface area (Å²) in [5, 5.41) is 16.1. The Labute approximate surface area is 386 Å². The summed E-state index contributed by atoms with van der Waals surface area (Å²) in [6.45, 7) is 10.1. The van der Waals surface area contributed by atoms with Gasteiger partial charge in [-0.2, -0.15) is 22.1 Å². The molecule has 0 unspecified atom stereocenters. The fraction of sp³-hybridized carbons (Fsp3) is 0.217. The summed E-state index contributed by atoms with van der Waals surface area (Å²) in [5.41, 5.74) is 1.03. The third-order valence-corrected chi connectivity index (χ3v) is 14.3. The van der Waals surface area contributed by atoms with Crippen LogP contribution in [0.2, 0.25) is 5.02 Å². The van der Waals surface area contributed by atoms with Crippen molar-refractivity contribution in [1.82, 2.24) is 9.71 Å². The van der Waals surface area contributed by atoms with Crippen LogP contribution in [0.4, 0.5) is 22.9 Å². The van der Waals surface area contributed by atoms with Crippen molar-refractivity contribution in [3.05, 3.63) is 118 Å². The molecule has 20 heteroatoms. The molecule has 0 bridgehead atoms. The van der Waals surface area contributed by atoms with Crippen LogP contribution in [0.5, 0.6) is 11.5 Å². The molecule has 2 heterocycles. The topological polar surface area (TPSA) is 254 Å². The number of ketones is 1. The van der Waals surface area contributed by atoms with Gasteiger partial charge in [0.05, 0.1) is 39.9 Å². The van der Waals surface area contributed by atoms with Crippen LogP contribution < -0.4 is 20.1 Å². The Morgan fingerprint density at radius 1 is 0.848 bits per heavy atom. The number of halogens is 1. The minimum atomic E-state index is -4.97. The van der Waals surface area contributed by atoms with Crippen molar-refractivity contribution in [2.45, 2.75) is 67.6 Å². The van der Waals surface area contributed by atoms with Gasteiger partial charge in [-0.25, -0.2) is 18.4 Å². The number of sulfonamides is 1. The fourth-order valence-electron chi connectivity index (χ4n) is 8.58. The maximum Gasteiger partial charge on any atom is 0.298 e. The molecule has 1 aromatic heterocycles. The highest BCUT2D eigenvalue weighted by Gasteiger charge is 2.38. The van der Waals surface area contributed by atoms with E-state index in [9.17, 15) is 44.4 Å². The normalized spacial score (nSPS) is 14.3. The molecule has 0 fully saturated rings. The van der Waals surface area contributed by atoms with Crippen LogP contribution >= 0.6 is 11.6 Å². The predicted molar refractivity (Wildman–Crippen MR) is 250 cm³/mol. The zero-order valence-corrected chi connectivity index (χ0v) is 39.1. The number of fused-ring (bicyclic) bond motifs is 3. The van der Waals surface area contributed by atoms with Crippen molar-refractivity contribution < 1.29 is 43.9 Å². The first-order valence-corrected chi connectivity index (χ1v) is 25.0. The van der Waals surface area contributed by atoms with E-state index in [1.54, 1.807) is 30.3 Å². The summed E-state index contributed by atoms with van der Waals surface area (Å²) in [5.74, 6) is -1.16. The Morgan fingerprint density at radius 3 is 2.20 bits per heavy atom. The molecule has 340 valence electrons. The maximum atomic E-state index is 14.9. The molecule has 66 heavy (non-hydrogen) atoms. The van der Waals surface area contributed by atoms with E-state index in [1.807, 2.05) is 13.8 Å². The molecule has 0 radical (unpaired) electrons. The second kappa shape index (κ2) is 16.5. The first-order valence-electron chi connectivity index (χ1n) is 20.2. The highest BCUT2D eigenvalue weighted by atomic mass is 35.5. The number of aromatic nitrogens is 1. The van der Waals surface area contributed by atoms with Crippen molar-refractivity contribution in [3.63, 3.8) is 0 Å². The standard InChI is InChI=1S/C46H41ClN6O10S3/c1-45(2,3)24-46(4,5)25-11-18-33(36(21-25)66(60,61)62)63-34-23-32(50-27-13-15-28(16-14-27)65(57,58)59)38-39-37(29-9-6-7-10-30(29)42(38)54)40(43(52-41(34)39)49-20-8-19-48)44-51-31-17-12-26(47)22-35(31)64(55,56)53-44/h6-7,9-18,21-23,50H,8,20,24H2,1-5H3,(H,49,52)(H,51,53)(H,57,58,59)(H,60,61,62). The molecule has 0 saturated carbocycles. The predicted octanol–water partition coefficient (Wildman–Crippen LogP) is 9.54. The summed E-state index contributed by atoms with van der Waals surface area (Å²) in [7, 11) is -13.9. The molecule has 0 atom stereocenters. The first kappa shape index (κ1) is 46.1. The number of ether oxygens (including phenoxy) is 1. The van der Waals surface area contributed by atoms with E-state index in [4.69, 9.17) is 26.3 Å². The van der Waals surface area contributed by atoms with Gasteiger partial charge in [0, 0.05) is 39.8 Å². The summed E-state index contributed by atoms with van der Waals surface area (Å²) < 4.78 is 108. The number of anilines is 3. The number of rotatable bonds is 12. The molecular formula is C46H41ClN6O10S3. The van der Waals surface area contributed by atoms with Gasteiger partial charge in [0.15, 0.2) is 17.4 Å². The molecule has 16 nitrogen and oxygen atoms in total. The quantitative estimate of drug-likeness (QED) is 0.0565. The van der Waals surface area contributed by atoms with E-state index in [0.717, 1.165) is 12.1 Å². The molecule has 0 amide bonds. The molecule has 8 rings (SSSR count). The van der Waals surface area contributed by atoms with Crippen molar-refractivity contribution >= 4 is 87.3 Å². The van der Waals surface area contributed by atoms with Gasteiger partial charge in [-0.1, -0.05) is 76.6 Å². The lowest BCUT2D eigenvalue weighted by atomic mass is 9.72. The largest absolute Gasteiger partial charge is 0.454 e. The lowest BCUT2D eigenvalue weighted by Crippen LogP contribution is -2.35. The van der Waals surface area contributed by atoms with Gasteiger partial charge in [0.1, 0.15) is 26.9 Å². The Hall–Kier alpha value is -6.40. The van der Waals surface area contributed by atoms with E-state index < -0.39 is 51.2 Å². The fourth-order valence-corrected chi connectivity index (χ4v) is 11.1. The van der Waals surface area contributed by atoms with Gasteiger partial charge in [-0.05, 0) is 83.0 Å². The average molecular weight is 970 g/mol. The van der Waals surface area contributed by atoms with Gasteiger partial charge in [-0.3, -0.25) is 18.6 Å². The molecule has 5 N–H and O–H groups in total. The van der Waals surface area contributed by atoms with E-state index in [2.05, 4.69) is 42.2 Å². The van der Waals surface area contributed by atoms with Gasteiger partial charge in [0.25, 0.3) is 30.3 Å². The molecule has 2 aliphatic rings.